The molecule has 156 valence electrons. The van der Waals surface area contributed by atoms with Crippen LogP contribution in [0.15, 0.2) is 48.8 Å². The monoisotopic (exact) mass is 407 g/mol. The molecule has 4 rings (SSSR count). The zero-order valence-corrected chi connectivity index (χ0v) is 16.7. The van der Waals surface area contributed by atoms with Crippen molar-refractivity contribution < 1.29 is 15.0 Å². The van der Waals surface area contributed by atoms with E-state index in [-0.39, 0.29) is 24.7 Å². The van der Waals surface area contributed by atoms with Crippen LogP contribution in [0.4, 0.5) is 5.95 Å². The van der Waals surface area contributed by atoms with Crippen molar-refractivity contribution in [2.75, 3.05) is 18.5 Å². The molecule has 1 unspecified atom stereocenters. The van der Waals surface area contributed by atoms with Gasteiger partial charge >= 0.3 is 0 Å². The van der Waals surface area contributed by atoms with Gasteiger partial charge in [-0.1, -0.05) is 30.3 Å². The highest BCUT2D eigenvalue weighted by atomic mass is 16.3. The quantitative estimate of drug-likeness (QED) is 0.390. The first-order chi connectivity index (χ1) is 14.5. The number of H-pyrrole nitrogens is 1. The van der Waals surface area contributed by atoms with Crippen LogP contribution in [0.2, 0.25) is 0 Å². The van der Waals surface area contributed by atoms with Gasteiger partial charge in [0.15, 0.2) is 0 Å². The zero-order valence-electron chi connectivity index (χ0n) is 16.7. The van der Waals surface area contributed by atoms with Gasteiger partial charge < -0.3 is 25.8 Å². The van der Waals surface area contributed by atoms with E-state index in [0.717, 1.165) is 29.5 Å². The number of nitrogens with one attached hydrogen (secondary N) is 3. The lowest BCUT2D eigenvalue weighted by atomic mass is 10.1. The molecule has 2 aromatic heterocycles. The van der Waals surface area contributed by atoms with Gasteiger partial charge in [0.1, 0.15) is 5.69 Å². The molecule has 5 N–H and O–H groups in total. The van der Waals surface area contributed by atoms with E-state index >= 15 is 0 Å². The molecule has 1 aromatic carbocycles. The minimum atomic E-state index is -0.491. The minimum Gasteiger partial charge on any atom is -0.394 e. The van der Waals surface area contributed by atoms with E-state index in [1.807, 2.05) is 37.3 Å². The van der Waals surface area contributed by atoms with Gasteiger partial charge in [-0.2, -0.15) is 0 Å². The van der Waals surface area contributed by atoms with Crippen LogP contribution >= 0.6 is 0 Å². The van der Waals surface area contributed by atoms with Crippen LogP contribution in [0.1, 0.15) is 40.5 Å². The first-order valence-electron chi connectivity index (χ1n) is 9.92. The number of rotatable bonds is 8. The molecule has 0 saturated heterocycles. The second-order valence-corrected chi connectivity index (χ2v) is 7.71. The number of aromatic amines is 1. The molecule has 1 aliphatic rings. The number of carbonyl (C=O) groups excluding carboxylic acids is 1. The Morgan fingerprint density at radius 3 is 2.70 bits per heavy atom. The lowest BCUT2D eigenvalue weighted by Crippen LogP contribution is -2.30. The average molecular weight is 407 g/mol. The molecule has 1 amide bonds. The van der Waals surface area contributed by atoms with Crippen LogP contribution in [-0.4, -0.2) is 49.8 Å². The number of anilines is 1. The molecule has 3 aromatic rings. The van der Waals surface area contributed by atoms with E-state index in [2.05, 4.69) is 25.6 Å². The summed E-state index contributed by atoms with van der Waals surface area (Å²) >= 11 is 0. The van der Waals surface area contributed by atoms with E-state index < -0.39 is 6.04 Å². The standard InChI is InChI=1S/C22H25N5O3/c1-14-10-24-21(27-22(13-29)7-8-22)26-19(14)16-9-17(23-11-16)20(30)25-18(12-28)15-5-3-2-4-6-15/h2-6,9-11,18,23,28-29H,7-8,12-13H2,1H3,(H,25,30)(H,24,26,27). The van der Waals surface area contributed by atoms with Crippen LogP contribution < -0.4 is 10.6 Å². The smallest absolute Gasteiger partial charge is 0.268 e. The van der Waals surface area contributed by atoms with Crippen LogP contribution in [0, 0.1) is 6.92 Å². The van der Waals surface area contributed by atoms with Crippen molar-refractivity contribution in [2.45, 2.75) is 31.3 Å². The molecule has 0 radical (unpaired) electrons. The molecule has 8 nitrogen and oxygen atoms in total. The lowest BCUT2D eigenvalue weighted by molar-refractivity contribution is 0.0911. The van der Waals surface area contributed by atoms with E-state index in [0.29, 0.717) is 17.3 Å². The number of aromatic nitrogens is 3. The summed E-state index contributed by atoms with van der Waals surface area (Å²) in [6.45, 7) is 1.75. The highest BCUT2D eigenvalue weighted by molar-refractivity contribution is 5.94. The molecule has 0 bridgehead atoms. The number of carbonyl (C=O) groups is 1. The number of hydrogen-bond donors (Lipinski definition) is 5. The summed E-state index contributed by atoms with van der Waals surface area (Å²) in [7, 11) is 0. The summed E-state index contributed by atoms with van der Waals surface area (Å²) in [4.78, 5) is 24.6. The van der Waals surface area contributed by atoms with Gasteiger partial charge in [0.25, 0.3) is 5.91 Å². The number of hydrogen-bond acceptors (Lipinski definition) is 6. The predicted octanol–water partition coefficient (Wildman–Crippen LogP) is 2.18. The second-order valence-electron chi connectivity index (χ2n) is 7.71. The fourth-order valence-electron chi connectivity index (χ4n) is 3.32. The molecule has 1 fully saturated rings. The minimum absolute atomic E-state index is 0.0431. The van der Waals surface area contributed by atoms with Crippen molar-refractivity contribution in [1.29, 1.82) is 0 Å². The van der Waals surface area contributed by atoms with Gasteiger partial charge in [-0.3, -0.25) is 4.79 Å². The number of amides is 1. The third-order valence-electron chi connectivity index (χ3n) is 5.40. The Balaban J connectivity index is 1.51. The van der Waals surface area contributed by atoms with Crippen LogP contribution in [0.3, 0.4) is 0 Å². The number of aliphatic hydroxyl groups excluding tert-OH is 2. The largest absolute Gasteiger partial charge is 0.394 e. The molecule has 0 spiro atoms. The molecule has 1 aliphatic carbocycles. The highest BCUT2D eigenvalue weighted by Crippen LogP contribution is 2.37. The molecule has 30 heavy (non-hydrogen) atoms. The maximum absolute atomic E-state index is 12.7. The molecular formula is C22H25N5O3. The molecule has 2 heterocycles. The highest BCUT2D eigenvalue weighted by Gasteiger charge is 2.42. The van der Waals surface area contributed by atoms with Gasteiger partial charge in [-0.25, -0.2) is 9.97 Å². The number of aliphatic hydroxyl groups is 2. The van der Waals surface area contributed by atoms with Crippen molar-refractivity contribution >= 4 is 11.9 Å². The Bertz CT molecular complexity index is 1030. The van der Waals surface area contributed by atoms with Crippen LogP contribution in [0.5, 0.6) is 0 Å². The summed E-state index contributed by atoms with van der Waals surface area (Å²) in [5, 5.41) is 25.2. The third kappa shape index (κ3) is 4.19. The summed E-state index contributed by atoms with van der Waals surface area (Å²) in [6.07, 6.45) is 5.22. The van der Waals surface area contributed by atoms with Gasteiger partial charge in [-0.05, 0) is 37.0 Å². The van der Waals surface area contributed by atoms with Gasteiger partial charge in [-0.15, -0.1) is 0 Å². The van der Waals surface area contributed by atoms with Gasteiger partial charge in [0.2, 0.25) is 5.95 Å². The first kappa shape index (κ1) is 20.1. The number of nitrogens with zero attached hydrogens (tertiary/aromatic N) is 2. The summed E-state index contributed by atoms with van der Waals surface area (Å²) in [5.41, 5.74) is 3.24. The second kappa shape index (κ2) is 8.25. The number of aryl methyl sites for hydroxylation is 1. The first-order valence-corrected chi connectivity index (χ1v) is 9.92. The Hall–Kier alpha value is -3.23. The van der Waals surface area contributed by atoms with Crippen molar-refractivity contribution in [2.24, 2.45) is 0 Å². The molecule has 1 atom stereocenters. The lowest BCUT2D eigenvalue weighted by Gasteiger charge is -2.16. The Morgan fingerprint density at radius 2 is 2.03 bits per heavy atom. The SMILES string of the molecule is Cc1cnc(NC2(CO)CC2)nc1-c1c[nH]c(C(=O)NC(CO)c2ccccc2)c1. The maximum atomic E-state index is 12.7. The maximum Gasteiger partial charge on any atom is 0.268 e. The number of benzene rings is 1. The fourth-order valence-corrected chi connectivity index (χ4v) is 3.32. The van der Waals surface area contributed by atoms with E-state index in [4.69, 9.17) is 0 Å². The molecule has 0 aliphatic heterocycles. The Morgan fingerprint density at radius 1 is 1.27 bits per heavy atom. The van der Waals surface area contributed by atoms with Gasteiger partial charge in [0.05, 0.1) is 30.5 Å². The van der Waals surface area contributed by atoms with Gasteiger partial charge in [0, 0.05) is 18.0 Å². The zero-order chi connectivity index (χ0) is 21.1. The van der Waals surface area contributed by atoms with Crippen molar-refractivity contribution in [3.8, 4) is 11.3 Å². The summed E-state index contributed by atoms with van der Waals surface area (Å²) < 4.78 is 0. The molecular weight excluding hydrogens is 382 g/mol. The predicted molar refractivity (Wildman–Crippen MR) is 113 cm³/mol. The third-order valence-corrected chi connectivity index (χ3v) is 5.40. The van der Waals surface area contributed by atoms with Crippen LogP contribution in [0.25, 0.3) is 11.3 Å². The van der Waals surface area contributed by atoms with E-state index in [1.165, 1.54) is 0 Å². The average Bonchev–Trinajstić information content (AvgIpc) is 3.37. The fraction of sp³-hybridized carbons (Fsp3) is 0.318. The Kier molecular flexibility index (Phi) is 5.52. The van der Waals surface area contributed by atoms with Crippen molar-refractivity contribution in [3.05, 3.63) is 65.6 Å². The van der Waals surface area contributed by atoms with Crippen molar-refractivity contribution in [1.82, 2.24) is 20.3 Å². The Labute approximate surface area is 174 Å². The van der Waals surface area contributed by atoms with Crippen molar-refractivity contribution in [3.63, 3.8) is 0 Å². The van der Waals surface area contributed by atoms with E-state index in [1.54, 1.807) is 18.5 Å². The summed E-state index contributed by atoms with van der Waals surface area (Å²) in [6, 6.07) is 10.6. The molecule has 1 saturated carbocycles. The topological polar surface area (TPSA) is 123 Å². The summed E-state index contributed by atoms with van der Waals surface area (Å²) in [5.74, 6) is 0.144. The normalized spacial score (nSPS) is 15.4. The van der Waals surface area contributed by atoms with E-state index in [9.17, 15) is 15.0 Å². The van der Waals surface area contributed by atoms with Crippen LogP contribution in [-0.2, 0) is 0 Å². The molecule has 8 heteroatoms.